The Morgan fingerprint density at radius 3 is 2.32 bits per heavy atom. The summed E-state index contributed by atoms with van der Waals surface area (Å²) in [6.45, 7) is 0. The molecule has 0 saturated heterocycles. The molecule has 0 spiro atoms. The SMILES string of the molecule is COC(=O)c1nc(Cl)c(-c2ccccc2Br)c(Cl)n1. The van der Waals surface area contributed by atoms with Crippen LogP contribution in [0.15, 0.2) is 28.7 Å². The van der Waals surface area contributed by atoms with Gasteiger partial charge in [-0.15, -0.1) is 0 Å². The van der Waals surface area contributed by atoms with Crippen LogP contribution in [0, 0.1) is 0 Å². The Hall–Kier alpha value is -1.17. The summed E-state index contributed by atoms with van der Waals surface area (Å²) in [4.78, 5) is 19.2. The molecule has 0 N–H and O–H groups in total. The third-order valence-electron chi connectivity index (χ3n) is 2.33. The fourth-order valence-electron chi connectivity index (χ4n) is 1.48. The maximum atomic E-state index is 11.4. The number of esters is 1. The Balaban J connectivity index is 2.61. The fourth-order valence-corrected chi connectivity index (χ4v) is 2.55. The van der Waals surface area contributed by atoms with Crippen LogP contribution in [0.3, 0.4) is 0 Å². The topological polar surface area (TPSA) is 52.1 Å². The summed E-state index contributed by atoms with van der Waals surface area (Å²) in [6.07, 6.45) is 0. The number of rotatable bonds is 2. The molecule has 0 aliphatic carbocycles. The number of carbonyl (C=O) groups is 1. The van der Waals surface area contributed by atoms with Gasteiger partial charge >= 0.3 is 5.97 Å². The summed E-state index contributed by atoms with van der Waals surface area (Å²) in [5.41, 5.74) is 1.21. The number of halogens is 3. The Morgan fingerprint density at radius 1 is 1.21 bits per heavy atom. The van der Waals surface area contributed by atoms with Gasteiger partial charge in [-0.05, 0) is 6.07 Å². The number of aromatic nitrogens is 2. The molecule has 4 nitrogen and oxygen atoms in total. The molecule has 0 radical (unpaired) electrons. The van der Waals surface area contributed by atoms with Crippen LogP contribution >= 0.6 is 39.1 Å². The Kier molecular flexibility index (Phi) is 4.39. The van der Waals surface area contributed by atoms with Crippen molar-refractivity contribution >= 4 is 45.1 Å². The van der Waals surface area contributed by atoms with Crippen LogP contribution in [0.1, 0.15) is 10.6 Å². The maximum Gasteiger partial charge on any atom is 0.376 e. The second-order valence-electron chi connectivity index (χ2n) is 3.48. The predicted molar refractivity (Wildman–Crippen MR) is 76.5 cm³/mol. The summed E-state index contributed by atoms with van der Waals surface area (Å²) in [7, 11) is 1.23. The molecule has 0 fully saturated rings. The summed E-state index contributed by atoms with van der Waals surface area (Å²) in [5, 5.41) is 0.180. The van der Waals surface area contributed by atoms with Gasteiger partial charge in [0.2, 0.25) is 5.82 Å². The predicted octanol–water partition coefficient (Wildman–Crippen LogP) is 4.00. The van der Waals surface area contributed by atoms with Crippen LogP contribution in [0.4, 0.5) is 0 Å². The van der Waals surface area contributed by atoms with E-state index in [4.69, 9.17) is 23.2 Å². The summed E-state index contributed by atoms with van der Waals surface area (Å²) < 4.78 is 5.32. The minimum Gasteiger partial charge on any atom is -0.463 e. The van der Waals surface area contributed by atoms with Gasteiger partial charge in [-0.25, -0.2) is 14.8 Å². The molecule has 1 aromatic carbocycles. The molecule has 1 heterocycles. The Morgan fingerprint density at radius 2 is 1.79 bits per heavy atom. The first-order valence-electron chi connectivity index (χ1n) is 5.11. The van der Waals surface area contributed by atoms with Crippen molar-refractivity contribution in [2.24, 2.45) is 0 Å². The van der Waals surface area contributed by atoms with E-state index in [1.165, 1.54) is 7.11 Å². The highest BCUT2D eigenvalue weighted by atomic mass is 79.9. The van der Waals surface area contributed by atoms with Crippen LogP contribution in [-0.2, 0) is 4.74 Å². The van der Waals surface area contributed by atoms with Gasteiger partial charge in [0.15, 0.2) is 0 Å². The number of hydrogen-bond acceptors (Lipinski definition) is 4. The highest BCUT2D eigenvalue weighted by Gasteiger charge is 2.19. The van der Waals surface area contributed by atoms with Gasteiger partial charge < -0.3 is 4.74 Å². The maximum absolute atomic E-state index is 11.4. The van der Waals surface area contributed by atoms with Gasteiger partial charge in [0.25, 0.3) is 0 Å². The lowest BCUT2D eigenvalue weighted by Gasteiger charge is -2.09. The quantitative estimate of drug-likeness (QED) is 0.599. The largest absolute Gasteiger partial charge is 0.463 e. The molecule has 0 saturated carbocycles. The summed E-state index contributed by atoms with van der Waals surface area (Å²) >= 11 is 15.6. The van der Waals surface area contributed by atoms with Crippen LogP contribution in [0.25, 0.3) is 11.1 Å². The van der Waals surface area contributed by atoms with E-state index < -0.39 is 5.97 Å². The molecule has 7 heteroatoms. The monoisotopic (exact) mass is 360 g/mol. The Labute approximate surface area is 127 Å². The first-order valence-corrected chi connectivity index (χ1v) is 6.65. The lowest BCUT2D eigenvalue weighted by molar-refractivity contribution is 0.0586. The van der Waals surface area contributed by atoms with E-state index >= 15 is 0 Å². The molecule has 0 bridgehead atoms. The molecule has 2 aromatic rings. The lowest BCUT2D eigenvalue weighted by Crippen LogP contribution is -2.08. The number of hydrogen-bond donors (Lipinski definition) is 0. The van der Waals surface area contributed by atoms with Crippen LogP contribution < -0.4 is 0 Å². The molecule has 0 aliphatic heterocycles. The fraction of sp³-hybridized carbons (Fsp3) is 0.0833. The standard InChI is InChI=1S/C12H7BrCl2N2O2/c1-19-12(18)11-16-9(14)8(10(15)17-11)6-4-2-3-5-7(6)13/h2-5H,1H3. The van der Waals surface area contributed by atoms with Crippen LogP contribution in [0.5, 0.6) is 0 Å². The molecule has 0 aliphatic rings. The molecule has 0 unspecified atom stereocenters. The van der Waals surface area contributed by atoms with Crippen molar-refractivity contribution in [1.82, 2.24) is 9.97 Å². The minimum atomic E-state index is -0.692. The number of carbonyl (C=O) groups excluding carboxylic acids is 1. The number of nitrogens with zero attached hydrogens (tertiary/aromatic N) is 2. The van der Waals surface area contributed by atoms with E-state index in [1.54, 1.807) is 0 Å². The van der Waals surface area contributed by atoms with Crippen LogP contribution in [-0.4, -0.2) is 23.0 Å². The first-order chi connectivity index (χ1) is 9.04. The van der Waals surface area contributed by atoms with Gasteiger partial charge in [0, 0.05) is 10.0 Å². The van der Waals surface area contributed by atoms with E-state index in [9.17, 15) is 4.79 Å². The van der Waals surface area contributed by atoms with Crippen molar-refractivity contribution in [1.29, 1.82) is 0 Å². The van der Waals surface area contributed by atoms with E-state index in [2.05, 4.69) is 30.6 Å². The molecular weight excluding hydrogens is 355 g/mol. The Bertz CT molecular complexity index is 626. The van der Waals surface area contributed by atoms with Crippen molar-refractivity contribution in [2.75, 3.05) is 7.11 Å². The second kappa shape index (κ2) is 5.86. The molecular formula is C12H7BrCl2N2O2. The lowest BCUT2D eigenvalue weighted by atomic mass is 10.1. The zero-order chi connectivity index (χ0) is 14.0. The molecule has 19 heavy (non-hydrogen) atoms. The van der Waals surface area contributed by atoms with Gasteiger partial charge in [0.1, 0.15) is 10.3 Å². The second-order valence-corrected chi connectivity index (χ2v) is 5.05. The van der Waals surface area contributed by atoms with E-state index in [-0.39, 0.29) is 16.1 Å². The third kappa shape index (κ3) is 2.88. The van der Waals surface area contributed by atoms with Crippen molar-refractivity contribution < 1.29 is 9.53 Å². The van der Waals surface area contributed by atoms with Gasteiger partial charge in [0.05, 0.1) is 12.7 Å². The van der Waals surface area contributed by atoms with Crippen molar-refractivity contribution in [3.8, 4) is 11.1 Å². The smallest absolute Gasteiger partial charge is 0.376 e. The van der Waals surface area contributed by atoms with Crippen molar-refractivity contribution in [3.05, 3.63) is 44.9 Å². The first kappa shape index (κ1) is 14.2. The summed E-state index contributed by atoms with van der Waals surface area (Å²) in [6, 6.07) is 7.36. The van der Waals surface area contributed by atoms with E-state index in [0.29, 0.717) is 5.56 Å². The third-order valence-corrected chi connectivity index (χ3v) is 3.57. The molecule has 2 rings (SSSR count). The zero-order valence-corrected chi connectivity index (χ0v) is 12.8. The van der Waals surface area contributed by atoms with Crippen molar-refractivity contribution in [2.45, 2.75) is 0 Å². The van der Waals surface area contributed by atoms with E-state index in [1.807, 2.05) is 24.3 Å². The van der Waals surface area contributed by atoms with E-state index in [0.717, 1.165) is 10.0 Å². The molecule has 98 valence electrons. The highest BCUT2D eigenvalue weighted by Crippen LogP contribution is 2.36. The average Bonchev–Trinajstić information content (AvgIpc) is 2.39. The minimum absolute atomic E-state index is 0.0901. The van der Waals surface area contributed by atoms with Gasteiger partial charge in [-0.3, -0.25) is 0 Å². The van der Waals surface area contributed by atoms with Gasteiger partial charge in [-0.2, -0.15) is 0 Å². The number of methoxy groups -OCH3 is 1. The van der Waals surface area contributed by atoms with Crippen LogP contribution in [0.2, 0.25) is 10.3 Å². The normalized spacial score (nSPS) is 10.3. The zero-order valence-electron chi connectivity index (χ0n) is 9.65. The van der Waals surface area contributed by atoms with Crippen molar-refractivity contribution in [3.63, 3.8) is 0 Å². The summed E-state index contributed by atoms with van der Waals surface area (Å²) in [5.74, 6) is -0.865. The molecule has 0 amide bonds. The molecule has 1 aromatic heterocycles. The highest BCUT2D eigenvalue weighted by molar-refractivity contribution is 9.10. The number of benzene rings is 1. The molecule has 0 atom stereocenters. The average molecular weight is 362 g/mol. The van der Waals surface area contributed by atoms with Gasteiger partial charge in [-0.1, -0.05) is 57.3 Å². The number of ether oxygens (including phenoxy) is 1.